The molecule has 108 valence electrons. The van der Waals surface area contributed by atoms with Crippen molar-refractivity contribution in [2.75, 3.05) is 37.9 Å². The van der Waals surface area contributed by atoms with Crippen LogP contribution in [0.1, 0.15) is 31.7 Å². The Morgan fingerprint density at radius 2 is 1.79 bits per heavy atom. The molecule has 1 heterocycles. The van der Waals surface area contributed by atoms with Gasteiger partial charge < -0.3 is 15.4 Å². The van der Waals surface area contributed by atoms with Crippen LogP contribution in [0.15, 0.2) is 0 Å². The number of rotatable bonds is 7. The molecule has 0 saturated carbocycles. The van der Waals surface area contributed by atoms with Gasteiger partial charge in [0.15, 0.2) is 0 Å². The highest BCUT2D eigenvalue weighted by Gasteiger charge is 2.18. The quantitative estimate of drug-likeness (QED) is 0.794. The number of anilines is 2. The molecule has 19 heavy (non-hydrogen) atoms. The zero-order valence-corrected chi connectivity index (χ0v) is 12.9. The monoisotopic (exact) mass is 266 g/mol. The molecule has 5 heteroatoms. The molecule has 0 aromatic carbocycles. The Kier molecular flexibility index (Phi) is 5.54. The maximum atomic E-state index is 5.15. The number of hydrogen-bond acceptors (Lipinski definition) is 5. The van der Waals surface area contributed by atoms with E-state index in [0.29, 0.717) is 0 Å². The van der Waals surface area contributed by atoms with E-state index < -0.39 is 0 Å². The molecule has 0 aliphatic heterocycles. The van der Waals surface area contributed by atoms with Gasteiger partial charge >= 0.3 is 0 Å². The van der Waals surface area contributed by atoms with E-state index in [1.165, 1.54) is 0 Å². The zero-order chi connectivity index (χ0) is 14.5. The van der Waals surface area contributed by atoms with Crippen molar-refractivity contribution in [3.63, 3.8) is 0 Å². The number of ether oxygens (including phenoxy) is 1. The minimum Gasteiger partial charge on any atom is -0.385 e. The van der Waals surface area contributed by atoms with E-state index in [2.05, 4.69) is 34.4 Å². The standard InChI is InChI=1S/C14H26N4O/c1-10-12(15-5)17-11(2)18-13(10)16-9-14(3,4)7-8-19-6/h7-9H2,1-6H3,(H2,15,16,17,18). The highest BCUT2D eigenvalue weighted by Crippen LogP contribution is 2.24. The van der Waals surface area contributed by atoms with Gasteiger partial charge in [0.2, 0.25) is 0 Å². The van der Waals surface area contributed by atoms with Gasteiger partial charge in [-0.25, -0.2) is 9.97 Å². The van der Waals surface area contributed by atoms with Crippen LogP contribution in [0, 0.1) is 19.3 Å². The van der Waals surface area contributed by atoms with Crippen molar-refractivity contribution in [2.45, 2.75) is 34.1 Å². The third-order valence-corrected chi connectivity index (χ3v) is 3.21. The van der Waals surface area contributed by atoms with Crippen LogP contribution in [-0.4, -0.2) is 37.3 Å². The Hall–Kier alpha value is -1.36. The van der Waals surface area contributed by atoms with E-state index >= 15 is 0 Å². The Balaban J connectivity index is 2.74. The largest absolute Gasteiger partial charge is 0.385 e. The second kappa shape index (κ2) is 6.70. The second-order valence-corrected chi connectivity index (χ2v) is 5.60. The minimum atomic E-state index is 0.168. The average Bonchev–Trinajstić information content (AvgIpc) is 2.37. The lowest BCUT2D eigenvalue weighted by Crippen LogP contribution is -2.25. The first-order chi connectivity index (χ1) is 8.89. The molecule has 0 atom stereocenters. The van der Waals surface area contributed by atoms with Gasteiger partial charge in [-0.2, -0.15) is 0 Å². The summed E-state index contributed by atoms with van der Waals surface area (Å²) in [6.45, 7) is 10.0. The van der Waals surface area contributed by atoms with Crippen molar-refractivity contribution in [3.05, 3.63) is 11.4 Å². The van der Waals surface area contributed by atoms with Crippen LogP contribution in [0.3, 0.4) is 0 Å². The summed E-state index contributed by atoms with van der Waals surface area (Å²) in [6.07, 6.45) is 1.01. The van der Waals surface area contributed by atoms with Crippen molar-refractivity contribution in [1.29, 1.82) is 0 Å². The molecule has 0 spiro atoms. The molecule has 5 nitrogen and oxygen atoms in total. The Bertz CT molecular complexity index is 418. The predicted octanol–water partition coefficient (Wildman–Crippen LogP) is 2.61. The molecule has 0 amide bonds. The van der Waals surface area contributed by atoms with E-state index in [1.54, 1.807) is 7.11 Å². The van der Waals surface area contributed by atoms with Crippen molar-refractivity contribution >= 4 is 11.6 Å². The fourth-order valence-electron chi connectivity index (χ4n) is 1.83. The van der Waals surface area contributed by atoms with Gasteiger partial charge in [-0.15, -0.1) is 0 Å². The van der Waals surface area contributed by atoms with Crippen LogP contribution in [0.4, 0.5) is 11.6 Å². The van der Waals surface area contributed by atoms with Gasteiger partial charge in [-0.3, -0.25) is 0 Å². The molecule has 0 aliphatic carbocycles. The van der Waals surface area contributed by atoms with Crippen molar-refractivity contribution in [2.24, 2.45) is 5.41 Å². The lowest BCUT2D eigenvalue weighted by Gasteiger charge is -2.25. The molecule has 1 aromatic heterocycles. The van der Waals surface area contributed by atoms with E-state index in [1.807, 2.05) is 20.9 Å². The summed E-state index contributed by atoms with van der Waals surface area (Å²) in [6, 6.07) is 0. The van der Waals surface area contributed by atoms with Gasteiger partial charge in [0.1, 0.15) is 17.5 Å². The molecule has 1 rings (SSSR count). The smallest absolute Gasteiger partial charge is 0.134 e. The fourth-order valence-corrected chi connectivity index (χ4v) is 1.83. The third-order valence-electron chi connectivity index (χ3n) is 3.21. The Labute approximate surface area is 116 Å². The first-order valence-corrected chi connectivity index (χ1v) is 6.65. The molecular formula is C14H26N4O. The van der Waals surface area contributed by atoms with Gasteiger partial charge in [-0.1, -0.05) is 13.8 Å². The van der Waals surface area contributed by atoms with Crippen LogP contribution in [0.2, 0.25) is 0 Å². The van der Waals surface area contributed by atoms with E-state index in [-0.39, 0.29) is 5.41 Å². The summed E-state index contributed by atoms with van der Waals surface area (Å²) in [5.74, 6) is 2.55. The van der Waals surface area contributed by atoms with Crippen LogP contribution in [0.5, 0.6) is 0 Å². The number of aryl methyl sites for hydroxylation is 1. The molecule has 1 aromatic rings. The number of aromatic nitrogens is 2. The summed E-state index contributed by atoms with van der Waals surface area (Å²) in [5, 5.41) is 6.53. The highest BCUT2D eigenvalue weighted by molar-refractivity contribution is 5.56. The summed E-state index contributed by atoms with van der Waals surface area (Å²) in [7, 11) is 3.61. The van der Waals surface area contributed by atoms with Gasteiger partial charge in [0.05, 0.1) is 0 Å². The van der Waals surface area contributed by atoms with Crippen LogP contribution >= 0.6 is 0 Å². The Morgan fingerprint density at radius 1 is 1.16 bits per heavy atom. The second-order valence-electron chi connectivity index (χ2n) is 5.60. The SMILES string of the molecule is CNc1nc(C)nc(NCC(C)(C)CCOC)c1C. The lowest BCUT2D eigenvalue weighted by atomic mass is 9.89. The number of nitrogens with one attached hydrogen (secondary N) is 2. The van der Waals surface area contributed by atoms with Crippen molar-refractivity contribution in [3.8, 4) is 0 Å². The van der Waals surface area contributed by atoms with E-state index in [0.717, 1.165) is 42.6 Å². The molecule has 0 fully saturated rings. The van der Waals surface area contributed by atoms with Gasteiger partial charge in [0, 0.05) is 32.9 Å². The molecule has 0 radical (unpaired) electrons. The normalized spacial score (nSPS) is 11.5. The average molecular weight is 266 g/mol. The topological polar surface area (TPSA) is 59.1 Å². The number of methoxy groups -OCH3 is 1. The minimum absolute atomic E-state index is 0.168. The maximum absolute atomic E-state index is 5.15. The molecule has 0 saturated heterocycles. The lowest BCUT2D eigenvalue weighted by molar-refractivity contribution is 0.157. The van der Waals surface area contributed by atoms with Crippen LogP contribution in [-0.2, 0) is 4.74 Å². The molecule has 0 bridgehead atoms. The Morgan fingerprint density at radius 3 is 2.37 bits per heavy atom. The summed E-state index contributed by atoms with van der Waals surface area (Å²) >= 11 is 0. The zero-order valence-electron chi connectivity index (χ0n) is 12.9. The van der Waals surface area contributed by atoms with Crippen LogP contribution < -0.4 is 10.6 Å². The molecule has 0 aliphatic rings. The summed E-state index contributed by atoms with van der Waals surface area (Å²) < 4.78 is 5.15. The predicted molar refractivity (Wildman–Crippen MR) is 79.8 cm³/mol. The first-order valence-electron chi connectivity index (χ1n) is 6.65. The number of hydrogen-bond donors (Lipinski definition) is 2. The highest BCUT2D eigenvalue weighted by atomic mass is 16.5. The summed E-state index contributed by atoms with van der Waals surface area (Å²) in [5.41, 5.74) is 1.22. The van der Waals surface area contributed by atoms with E-state index in [9.17, 15) is 0 Å². The third kappa shape index (κ3) is 4.67. The maximum Gasteiger partial charge on any atom is 0.134 e. The molecular weight excluding hydrogens is 240 g/mol. The number of nitrogens with zero attached hydrogens (tertiary/aromatic N) is 2. The van der Waals surface area contributed by atoms with Crippen LogP contribution in [0.25, 0.3) is 0 Å². The van der Waals surface area contributed by atoms with Crippen molar-refractivity contribution < 1.29 is 4.74 Å². The van der Waals surface area contributed by atoms with Gasteiger partial charge in [-0.05, 0) is 25.7 Å². The summed E-state index contributed by atoms with van der Waals surface area (Å²) in [4.78, 5) is 8.83. The molecule has 0 unspecified atom stereocenters. The van der Waals surface area contributed by atoms with Crippen molar-refractivity contribution in [1.82, 2.24) is 9.97 Å². The fraction of sp³-hybridized carbons (Fsp3) is 0.714. The van der Waals surface area contributed by atoms with Gasteiger partial charge in [0.25, 0.3) is 0 Å². The van der Waals surface area contributed by atoms with E-state index in [4.69, 9.17) is 4.74 Å². The molecule has 2 N–H and O–H groups in total. The first kappa shape index (κ1) is 15.7.